The third-order valence-corrected chi connectivity index (χ3v) is 5.20. The number of nitrogens with two attached hydrogens (primary N) is 1. The zero-order chi connectivity index (χ0) is 23.9. The van der Waals surface area contributed by atoms with Crippen molar-refractivity contribution < 1.29 is 27.2 Å². The third-order valence-electron chi connectivity index (χ3n) is 5.20. The van der Waals surface area contributed by atoms with E-state index in [1.165, 1.54) is 34.1 Å². The quantitative estimate of drug-likeness (QED) is 0.364. The number of hydrogen-bond acceptors (Lipinski definition) is 5. The molecule has 0 fully saturated rings. The van der Waals surface area contributed by atoms with Crippen LogP contribution in [0.25, 0.3) is 5.70 Å². The first-order valence-electron chi connectivity index (χ1n) is 9.75. The number of carbonyl (C=O) groups is 2. The molecular weight excluding hydrogens is 442 g/mol. The van der Waals surface area contributed by atoms with Crippen LogP contribution < -0.4 is 10.6 Å². The summed E-state index contributed by atoms with van der Waals surface area (Å²) in [5, 5.41) is 4.14. The van der Waals surface area contributed by atoms with Gasteiger partial charge >= 0.3 is 6.18 Å². The Bertz CT molecular complexity index is 1260. The number of alkyl halides is 3. The molecule has 1 aromatic carbocycles. The van der Waals surface area contributed by atoms with Crippen LogP contribution in [-0.2, 0) is 6.18 Å². The molecule has 0 saturated heterocycles. The molecule has 170 valence electrons. The first-order chi connectivity index (χ1) is 15.6. The Balaban J connectivity index is 1.67. The number of aromatic nitrogens is 3. The molecule has 0 spiro atoms. The predicted molar refractivity (Wildman–Crippen MR) is 111 cm³/mol. The van der Waals surface area contributed by atoms with Crippen LogP contribution in [0.1, 0.15) is 44.9 Å². The van der Waals surface area contributed by atoms with Crippen molar-refractivity contribution in [2.24, 2.45) is 5.73 Å². The zero-order valence-corrected chi connectivity index (χ0v) is 17.2. The maximum absolute atomic E-state index is 13.4. The second-order valence-electron chi connectivity index (χ2n) is 7.52. The molecule has 2 N–H and O–H groups in total. The highest BCUT2D eigenvalue weighted by Crippen LogP contribution is 2.33. The summed E-state index contributed by atoms with van der Waals surface area (Å²) in [7, 11) is 0. The second kappa shape index (κ2) is 8.15. The molecule has 3 heterocycles. The Kier molecular flexibility index (Phi) is 5.48. The van der Waals surface area contributed by atoms with Gasteiger partial charge in [-0.1, -0.05) is 0 Å². The van der Waals surface area contributed by atoms with Crippen LogP contribution in [0.5, 0.6) is 0 Å². The SMILES string of the molecule is C[C@H]1CN(c2ccc(C(F)(F)F)cc2)C(=O)c2c(C(=O)C=C(N)c3cncc(F)c3)cnn21. The first-order valence-corrected chi connectivity index (χ1v) is 9.75. The minimum absolute atomic E-state index is 0.0138. The second-order valence-corrected chi connectivity index (χ2v) is 7.52. The number of halogens is 4. The Morgan fingerprint density at radius 2 is 1.88 bits per heavy atom. The normalized spacial score (nSPS) is 16.6. The van der Waals surface area contributed by atoms with Crippen molar-refractivity contribution in [3.8, 4) is 0 Å². The Morgan fingerprint density at radius 3 is 2.52 bits per heavy atom. The molecule has 1 amide bonds. The van der Waals surface area contributed by atoms with Crippen LogP contribution in [-0.4, -0.2) is 33.0 Å². The van der Waals surface area contributed by atoms with E-state index in [4.69, 9.17) is 5.73 Å². The molecule has 0 aliphatic carbocycles. The number of hydrogen-bond donors (Lipinski definition) is 1. The van der Waals surface area contributed by atoms with Crippen LogP contribution in [0.2, 0.25) is 0 Å². The van der Waals surface area contributed by atoms with Gasteiger partial charge in [0.15, 0.2) is 5.78 Å². The molecule has 33 heavy (non-hydrogen) atoms. The van der Waals surface area contributed by atoms with Crippen LogP contribution >= 0.6 is 0 Å². The lowest BCUT2D eigenvalue weighted by Gasteiger charge is -2.32. The van der Waals surface area contributed by atoms with Gasteiger partial charge in [-0.3, -0.25) is 19.3 Å². The monoisotopic (exact) mass is 459 g/mol. The number of allylic oxidation sites excluding steroid dienone is 1. The topological polar surface area (TPSA) is 94.1 Å². The van der Waals surface area contributed by atoms with E-state index in [-0.39, 0.29) is 40.8 Å². The van der Waals surface area contributed by atoms with Crippen molar-refractivity contribution in [2.45, 2.75) is 19.1 Å². The van der Waals surface area contributed by atoms with Gasteiger partial charge in [0.1, 0.15) is 11.5 Å². The van der Waals surface area contributed by atoms with Gasteiger partial charge in [-0.25, -0.2) is 4.39 Å². The number of rotatable bonds is 4. The van der Waals surface area contributed by atoms with Gasteiger partial charge in [0.25, 0.3) is 5.91 Å². The first kappa shape index (κ1) is 22.2. The number of anilines is 1. The number of benzene rings is 1. The van der Waals surface area contributed by atoms with E-state index >= 15 is 0 Å². The lowest BCUT2D eigenvalue weighted by Crippen LogP contribution is -2.43. The van der Waals surface area contributed by atoms with Crippen LogP contribution in [0.3, 0.4) is 0 Å². The smallest absolute Gasteiger partial charge is 0.398 e. The lowest BCUT2D eigenvalue weighted by molar-refractivity contribution is -0.137. The molecule has 0 bridgehead atoms. The third kappa shape index (κ3) is 4.21. The maximum Gasteiger partial charge on any atom is 0.416 e. The van der Waals surface area contributed by atoms with Crippen molar-refractivity contribution in [3.63, 3.8) is 0 Å². The summed E-state index contributed by atoms with van der Waals surface area (Å²) < 4.78 is 53.4. The molecule has 3 aromatic rings. The van der Waals surface area contributed by atoms with E-state index in [0.717, 1.165) is 30.5 Å². The summed E-state index contributed by atoms with van der Waals surface area (Å²) in [5.41, 5.74) is 5.41. The van der Waals surface area contributed by atoms with Gasteiger partial charge in [-0.15, -0.1) is 0 Å². The van der Waals surface area contributed by atoms with Crippen LogP contribution in [0, 0.1) is 5.82 Å². The molecule has 4 rings (SSSR count). The minimum atomic E-state index is -4.50. The van der Waals surface area contributed by atoms with Gasteiger partial charge in [0.2, 0.25) is 0 Å². The number of nitrogens with zero attached hydrogens (tertiary/aromatic N) is 4. The average Bonchev–Trinajstić information content (AvgIpc) is 3.22. The minimum Gasteiger partial charge on any atom is -0.398 e. The molecule has 0 radical (unpaired) electrons. The molecule has 1 atom stereocenters. The average molecular weight is 459 g/mol. The molecule has 1 aliphatic rings. The van der Waals surface area contributed by atoms with Crippen molar-refractivity contribution in [1.29, 1.82) is 0 Å². The summed E-state index contributed by atoms with van der Waals surface area (Å²) in [4.78, 5) is 31.1. The van der Waals surface area contributed by atoms with Crippen molar-refractivity contribution >= 4 is 23.1 Å². The van der Waals surface area contributed by atoms with E-state index in [1.54, 1.807) is 6.92 Å². The number of amides is 1. The largest absolute Gasteiger partial charge is 0.416 e. The number of ketones is 1. The highest BCUT2D eigenvalue weighted by atomic mass is 19.4. The summed E-state index contributed by atoms with van der Waals surface area (Å²) in [6.07, 6.45) is 0.0521. The van der Waals surface area contributed by atoms with E-state index in [9.17, 15) is 27.2 Å². The number of carbonyl (C=O) groups excluding carboxylic acids is 2. The van der Waals surface area contributed by atoms with E-state index in [0.29, 0.717) is 0 Å². The highest BCUT2D eigenvalue weighted by molar-refractivity contribution is 6.17. The highest BCUT2D eigenvalue weighted by Gasteiger charge is 2.36. The van der Waals surface area contributed by atoms with E-state index in [1.807, 2.05) is 0 Å². The van der Waals surface area contributed by atoms with E-state index in [2.05, 4.69) is 10.1 Å². The Hall–Kier alpha value is -4.02. The fourth-order valence-electron chi connectivity index (χ4n) is 3.57. The zero-order valence-electron chi connectivity index (χ0n) is 17.2. The number of pyridine rings is 1. The maximum atomic E-state index is 13.4. The molecule has 11 heteroatoms. The standard InChI is InChI=1S/C22H17F4N5O2/c1-12-11-30(16-4-2-14(3-5-16)22(24,25)26)21(33)20-17(10-29-31(12)20)19(32)7-18(27)13-6-15(23)9-28-8-13/h2-10,12H,11,27H2,1H3/t12-/m0/s1. The Morgan fingerprint density at radius 1 is 1.18 bits per heavy atom. The molecular formula is C22H17F4N5O2. The van der Waals surface area contributed by atoms with Crippen LogP contribution in [0.15, 0.2) is 55.0 Å². The van der Waals surface area contributed by atoms with Gasteiger partial charge < -0.3 is 10.6 Å². The summed E-state index contributed by atoms with van der Waals surface area (Å²) >= 11 is 0. The number of fused-ring (bicyclic) bond motifs is 1. The summed E-state index contributed by atoms with van der Waals surface area (Å²) in [6.45, 7) is 1.91. The van der Waals surface area contributed by atoms with E-state index < -0.39 is 29.2 Å². The van der Waals surface area contributed by atoms with Crippen molar-refractivity contribution in [1.82, 2.24) is 14.8 Å². The molecule has 0 saturated carbocycles. The van der Waals surface area contributed by atoms with Gasteiger partial charge in [0, 0.05) is 35.8 Å². The Labute approximate surface area is 185 Å². The molecule has 1 aliphatic heterocycles. The van der Waals surface area contributed by atoms with Gasteiger partial charge in [-0.2, -0.15) is 18.3 Å². The fourth-order valence-corrected chi connectivity index (χ4v) is 3.57. The lowest BCUT2D eigenvalue weighted by atomic mass is 10.0. The van der Waals surface area contributed by atoms with Crippen molar-refractivity contribution in [2.75, 3.05) is 11.4 Å². The summed E-state index contributed by atoms with van der Waals surface area (Å²) in [6, 6.07) is 4.95. The van der Waals surface area contributed by atoms with Crippen LogP contribution in [0.4, 0.5) is 23.2 Å². The fraction of sp³-hybridized carbons (Fsp3) is 0.182. The molecule has 2 aromatic heterocycles. The van der Waals surface area contributed by atoms with Gasteiger partial charge in [0.05, 0.1) is 29.6 Å². The molecule has 7 nitrogen and oxygen atoms in total. The summed E-state index contributed by atoms with van der Waals surface area (Å²) in [5.74, 6) is -1.85. The van der Waals surface area contributed by atoms with Gasteiger partial charge in [-0.05, 0) is 37.3 Å². The predicted octanol–water partition coefficient (Wildman–Crippen LogP) is 3.84. The molecule has 0 unspecified atom stereocenters. The van der Waals surface area contributed by atoms with Crippen molar-refractivity contribution in [3.05, 3.63) is 83.2 Å².